The summed E-state index contributed by atoms with van der Waals surface area (Å²) in [6, 6.07) is 7.61. The van der Waals surface area contributed by atoms with Crippen LogP contribution in [0.5, 0.6) is 0 Å². The van der Waals surface area contributed by atoms with Crippen molar-refractivity contribution < 1.29 is 32.3 Å². The summed E-state index contributed by atoms with van der Waals surface area (Å²) in [6.45, 7) is 14.6. The third-order valence-electron chi connectivity index (χ3n) is 6.55. The molecule has 0 unspecified atom stereocenters. The number of rotatable bonds is 8. The minimum atomic E-state index is -3.63. The number of imide groups is 1. The molecule has 2 aromatic carbocycles. The summed E-state index contributed by atoms with van der Waals surface area (Å²) in [5.41, 5.74) is -1.15. The molecule has 14 heteroatoms. The van der Waals surface area contributed by atoms with E-state index in [0.29, 0.717) is 40.3 Å². The van der Waals surface area contributed by atoms with Crippen LogP contribution in [0, 0.1) is 0 Å². The van der Waals surface area contributed by atoms with Crippen LogP contribution in [0.2, 0.25) is 5.02 Å². The standard InChI is InChI=1S/C31H42BrClN4O7S/c1-8-45(41,42)25-10-9-23(33)16-20(25)18-35-27(38)24-17-22(32)15-21(19-36-13-11-34-12-14-36)26(24)37(28(39)43-30(2,3)4)29(40)44-31(5,6)7/h9-10,15-17,34H,8,11-14,18-19H2,1-7H3,(H,35,38). The van der Waals surface area contributed by atoms with E-state index in [4.69, 9.17) is 21.1 Å². The number of sulfone groups is 1. The molecule has 3 rings (SSSR count). The van der Waals surface area contributed by atoms with Gasteiger partial charge in [0.1, 0.15) is 11.2 Å². The van der Waals surface area contributed by atoms with Crippen LogP contribution in [0.3, 0.4) is 0 Å². The van der Waals surface area contributed by atoms with Gasteiger partial charge in [-0.05, 0) is 83.0 Å². The van der Waals surface area contributed by atoms with E-state index in [9.17, 15) is 22.8 Å². The number of carbonyl (C=O) groups excluding carboxylic acids is 3. The predicted octanol–water partition coefficient (Wildman–Crippen LogP) is 5.91. The first-order valence-corrected chi connectivity index (χ1v) is 17.4. The molecule has 0 spiro atoms. The second kappa shape index (κ2) is 14.8. The minimum Gasteiger partial charge on any atom is -0.443 e. The lowest BCUT2D eigenvalue weighted by atomic mass is 10.0. The molecule has 0 bridgehead atoms. The number of hydrogen-bond donors (Lipinski definition) is 2. The van der Waals surface area contributed by atoms with E-state index in [0.717, 1.165) is 18.0 Å². The van der Waals surface area contributed by atoms with E-state index in [1.54, 1.807) is 47.6 Å². The Balaban J connectivity index is 2.18. The van der Waals surface area contributed by atoms with E-state index in [2.05, 4.69) is 31.5 Å². The second-order valence-corrected chi connectivity index (χ2v) is 16.2. The highest BCUT2D eigenvalue weighted by atomic mass is 79.9. The van der Waals surface area contributed by atoms with Gasteiger partial charge in [0.15, 0.2) is 9.84 Å². The molecule has 0 saturated carbocycles. The molecule has 2 N–H and O–H groups in total. The summed E-state index contributed by atoms with van der Waals surface area (Å²) in [5.74, 6) is -0.800. The van der Waals surface area contributed by atoms with Crippen LogP contribution in [0.1, 0.15) is 70.0 Å². The number of anilines is 1. The van der Waals surface area contributed by atoms with Crippen LogP contribution in [-0.2, 0) is 32.4 Å². The van der Waals surface area contributed by atoms with Crippen molar-refractivity contribution in [3.63, 3.8) is 0 Å². The third kappa shape index (κ3) is 10.4. The Morgan fingerprint density at radius 3 is 2.09 bits per heavy atom. The van der Waals surface area contributed by atoms with Gasteiger partial charge in [0.25, 0.3) is 5.91 Å². The smallest absolute Gasteiger partial charge is 0.424 e. The van der Waals surface area contributed by atoms with E-state index in [1.807, 2.05) is 0 Å². The maximum absolute atomic E-state index is 14.0. The van der Waals surface area contributed by atoms with E-state index in [-0.39, 0.29) is 28.4 Å². The Morgan fingerprint density at radius 2 is 1.56 bits per heavy atom. The molecule has 1 aliphatic heterocycles. The van der Waals surface area contributed by atoms with Gasteiger partial charge in [0.05, 0.1) is 21.9 Å². The molecule has 248 valence electrons. The van der Waals surface area contributed by atoms with Gasteiger partial charge >= 0.3 is 12.2 Å². The van der Waals surface area contributed by atoms with Gasteiger partial charge in [0, 0.05) is 48.8 Å². The van der Waals surface area contributed by atoms with Crippen molar-refractivity contribution >= 4 is 61.1 Å². The molecule has 11 nitrogen and oxygen atoms in total. The molecular formula is C31H42BrClN4O7S. The molecule has 0 aliphatic carbocycles. The monoisotopic (exact) mass is 728 g/mol. The summed E-state index contributed by atoms with van der Waals surface area (Å²) < 4.78 is 37.4. The predicted molar refractivity (Wildman–Crippen MR) is 178 cm³/mol. The number of carbonyl (C=O) groups is 3. The number of halogens is 2. The lowest BCUT2D eigenvalue weighted by Gasteiger charge is -2.32. The van der Waals surface area contributed by atoms with Crippen molar-refractivity contribution in [2.45, 2.75) is 77.7 Å². The normalized spacial score (nSPS) is 14.5. The summed E-state index contributed by atoms with van der Waals surface area (Å²) in [7, 11) is -3.63. The zero-order valence-electron chi connectivity index (χ0n) is 26.8. The highest BCUT2D eigenvalue weighted by molar-refractivity contribution is 9.10. The second-order valence-electron chi connectivity index (χ2n) is 12.6. The first kappa shape index (κ1) is 36.8. The van der Waals surface area contributed by atoms with Crippen molar-refractivity contribution in [1.29, 1.82) is 0 Å². The van der Waals surface area contributed by atoms with Crippen molar-refractivity contribution in [2.24, 2.45) is 0 Å². The fourth-order valence-electron chi connectivity index (χ4n) is 4.61. The molecule has 0 atom stereocenters. The lowest BCUT2D eigenvalue weighted by molar-refractivity contribution is 0.0429. The van der Waals surface area contributed by atoms with Gasteiger partial charge in [-0.15, -0.1) is 0 Å². The zero-order chi connectivity index (χ0) is 33.7. The van der Waals surface area contributed by atoms with Gasteiger partial charge < -0.3 is 20.1 Å². The first-order valence-electron chi connectivity index (χ1n) is 14.6. The Labute approximate surface area is 279 Å². The van der Waals surface area contributed by atoms with Crippen molar-refractivity contribution in [3.05, 3.63) is 56.5 Å². The Kier molecular flexibility index (Phi) is 12.1. The fraction of sp³-hybridized carbons (Fsp3) is 0.516. The van der Waals surface area contributed by atoms with Crippen LogP contribution < -0.4 is 15.5 Å². The molecule has 1 fully saturated rings. The van der Waals surface area contributed by atoms with Crippen LogP contribution in [0.25, 0.3) is 0 Å². The number of nitrogens with zero attached hydrogens (tertiary/aromatic N) is 2. The van der Waals surface area contributed by atoms with Crippen LogP contribution in [0.4, 0.5) is 15.3 Å². The molecule has 2 aromatic rings. The highest BCUT2D eigenvalue weighted by Gasteiger charge is 2.37. The molecule has 45 heavy (non-hydrogen) atoms. The van der Waals surface area contributed by atoms with Crippen LogP contribution in [-0.4, -0.2) is 74.5 Å². The SMILES string of the molecule is CCS(=O)(=O)c1ccc(Cl)cc1CNC(=O)c1cc(Br)cc(CN2CCNCC2)c1N(C(=O)OC(C)(C)C)C(=O)OC(C)(C)C. The number of benzene rings is 2. The maximum Gasteiger partial charge on any atom is 0.424 e. The number of amides is 3. The molecule has 1 heterocycles. The van der Waals surface area contributed by atoms with Gasteiger partial charge in [-0.1, -0.05) is 34.5 Å². The zero-order valence-corrected chi connectivity index (χ0v) is 29.9. The third-order valence-corrected chi connectivity index (χ3v) is 9.08. The van der Waals surface area contributed by atoms with E-state index >= 15 is 0 Å². The van der Waals surface area contributed by atoms with Crippen LogP contribution in [0.15, 0.2) is 39.7 Å². The Bertz CT molecular complexity index is 1500. The van der Waals surface area contributed by atoms with Crippen LogP contribution >= 0.6 is 27.5 Å². The number of nitrogens with one attached hydrogen (secondary N) is 2. The van der Waals surface area contributed by atoms with Crippen molar-refractivity contribution in [2.75, 3.05) is 36.8 Å². The van der Waals surface area contributed by atoms with Crippen molar-refractivity contribution in [1.82, 2.24) is 15.5 Å². The number of ether oxygens (including phenoxy) is 2. The van der Waals surface area contributed by atoms with E-state index < -0.39 is 39.1 Å². The average Bonchev–Trinajstić information content (AvgIpc) is 2.91. The van der Waals surface area contributed by atoms with Gasteiger partial charge in [0.2, 0.25) is 0 Å². The summed E-state index contributed by atoms with van der Waals surface area (Å²) in [4.78, 5) is 44.5. The van der Waals surface area contributed by atoms with Gasteiger partial charge in [-0.3, -0.25) is 9.69 Å². The van der Waals surface area contributed by atoms with Gasteiger partial charge in [-0.25, -0.2) is 18.0 Å². The number of hydrogen-bond acceptors (Lipinski definition) is 9. The largest absolute Gasteiger partial charge is 0.443 e. The topological polar surface area (TPSA) is 134 Å². The molecular weight excluding hydrogens is 688 g/mol. The van der Waals surface area contributed by atoms with E-state index in [1.165, 1.54) is 31.2 Å². The first-order chi connectivity index (χ1) is 20.8. The average molecular weight is 730 g/mol. The summed E-state index contributed by atoms with van der Waals surface area (Å²) in [6.07, 6.45) is -2.03. The highest BCUT2D eigenvalue weighted by Crippen LogP contribution is 2.34. The molecule has 0 aromatic heterocycles. The molecule has 0 radical (unpaired) electrons. The molecule has 1 aliphatic rings. The summed E-state index contributed by atoms with van der Waals surface area (Å²) >= 11 is 9.68. The molecule has 3 amide bonds. The fourth-order valence-corrected chi connectivity index (χ4v) is 6.43. The van der Waals surface area contributed by atoms with Crippen molar-refractivity contribution in [3.8, 4) is 0 Å². The molecule has 1 saturated heterocycles. The quantitative estimate of drug-likeness (QED) is 0.340. The lowest BCUT2D eigenvalue weighted by Crippen LogP contribution is -2.46. The number of piperazine rings is 1. The van der Waals surface area contributed by atoms with Gasteiger partial charge in [-0.2, -0.15) is 4.90 Å². The Morgan fingerprint density at radius 1 is 0.978 bits per heavy atom. The minimum absolute atomic E-state index is 0.00484. The Hall–Kier alpha value is -2.71. The summed E-state index contributed by atoms with van der Waals surface area (Å²) in [5, 5.41) is 6.37. The maximum atomic E-state index is 14.0.